The van der Waals surface area contributed by atoms with Crippen molar-refractivity contribution in [2.75, 3.05) is 13.1 Å². The van der Waals surface area contributed by atoms with Gasteiger partial charge in [-0.05, 0) is 45.0 Å². The van der Waals surface area contributed by atoms with Crippen molar-refractivity contribution < 1.29 is 0 Å². The summed E-state index contributed by atoms with van der Waals surface area (Å²) in [6.07, 6.45) is 2.42. The molecule has 0 saturated carbocycles. The Hall–Kier alpha value is -1.35. The maximum Gasteiger partial charge on any atom is 0.113 e. The smallest absolute Gasteiger partial charge is 0.113 e. The molecule has 1 N–H and O–H groups in total. The Balaban J connectivity index is 2.08. The second-order valence-corrected chi connectivity index (χ2v) is 4.73. The predicted molar refractivity (Wildman–Crippen MR) is 70.3 cm³/mol. The number of aryl methyl sites for hydroxylation is 1. The van der Waals surface area contributed by atoms with E-state index in [1.54, 1.807) is 0 Å². The zero-order valence-corrected chi connectivity index (χ0v) is 10.3. The molecule has 0 radical (unpaired) electrons. The third-order valence-corrected chi connectivity index (χ3v) is 3.70. The van der Waals surface area contributed by atoms with Crippen molar-refractivity contribution in [2.24, 2.45) is 0 Å². The predicted octanol–water partition coefficient (Wildman–Crippen LogP) is 2.52. The van der Waals surface area contributed by atoms with Crippen LogP contribution in [-0.2, 0) is 6.54 Å². The molecule has 0 spiro atoms. The molecule has 1 aliphatic heterocycles. The van der Waals surface area contributed by atoms with Gasteiger partial charge >= 0.3 is 0 Å². The summed E-state index contributed by atoms with van der Waals surface area (Å²) in [5.74, 6) is 1.92. The normalized spacial score (nSPS) is 17.7. The Bertz CT molecular complexity index is 509. The second-order valence-electron chi connectivity index (χ2n) is 4.73. The van der Waals surface area contributed by atoms with Crippen molar-refractivity contribution in [1.29, 1.82) is 0 Å². The molecule has 3 heteroatoms. The molecule has 2 heterocycles. The van der Waals surface area contributed by atoms with Crippen LogP contribution in [-0.4, -0.2) is 22.6 Å². The van der Waals surface area contributed by atoms with Crippen LogP contribution in [0, 0.1) is 0 Å². The van der Waals surface area contributed by atoms with Crippen LogP contribution in [0.3, 0.4) is 0 Å². The molecule has 2 aromatic rings. The first-order valence-corrected chi connectivity index (χ1v) is 6.56. The van der Waals surface area contributed by atoms with Gasteiger partial charge in [-0.15, -0.1) is 0 Å². The number of piperidine rings is 1. The van der Waals surface area contributed by atoms with Gasteiger partial charge in [-0.1, -0.05) is 12.1 Å². The first-order chi connectivity index (χ1) is 8.40. The van der Waals surface area contributed by atoms with E-state index in [2.05, 4.69) is 41.1 Å². The molecule has 3 rings (SSSR count). The summed E-state index contributed by atoms with van der Waals surface area (Å²) in [4.78, 5) is 4.84. The summed E-state index contributed by atoms with van der Waals surface area (Å²) in [6.45, 7) is 5.47. The van der Waals surface area contributed by atoms with E-state index in [0.29, 0.717) is 5.92 Å². The van der Waals surface area contributed by atoms with E-state index in [4.69, 9.17) is 4.98 Å². The van der Waals surface area contributed by atoms with Gasteiger partial charge in [-0.2, -0.15) is 0 Å². The van der Waals surface area contributed by atoms with Crippen LogP contribution in [0.2, 0.25) is 0 Å². The molecule has 1 aliphatic rings. The average molecular weight is 229 g/mol. The summed E-state index contributed by atoms with van der Waals surface area (Å²) in [5, 5.41) is 3.42. The van der Waals surface area contributed by atoms with Crippen LogP contribution in [0.4, 0.5) is 0 Å². The van der Waals surface area contributed by atoms with E-state index < -0.39 is 0 Å². The van der Waals surface area contributed by atoms with Crippen LogP contribution < -0.4 is 5.32 Å². The highest BCUT2D eigenvalue weighted by Gasteiger charge is 2.21. The zero-order chi connectivity index (χ0) is 11.7. The van der Waals surface area contributed by atoms with Gasteiger partial charge in [0.05, 0.1) is 11.0 Å². The van der Waals surface area contributed by atoms with Crippen LogP contribution in [0.1, 0.15) is 31.5 Å². The van der Waals surface area contributed by atoms with Crippen LogP contribution in [0.15, 0.2) is 24.3 Å². The molecule has 0 unspecified atom stereocenters. The average Bonchev–Trinajstić information content (AvgIpc) is 2.78. The second kappa shape index (κ2) is 4.49. The lowest BCUT2D eigenvalue weighted by Gasteiger charge is -2.22. The van der Waals surface area contributed by atoms with E-state index in [1.165, 1.54) is 24.2 Å². The van der Waals surface area contributed by atoms with Gasteiger partial charge in [0.25, 0.3) is 0 Å². The molecular weight excluding hydrogens is 210 g/mol. The molecule has 0 bridgehead atoms. The standard InChI is InChI=1S/C14H19N3/c1-2-17-13-6-4-3-5-12(13)16-14(17)11-7-9-15-10-8-11/h3-6,11,15H,2,7-10H2,1H3. The number of rotatable bonds is 2. The van der Waals surface area contributed by atoms with Gasteiger partial charge in [0, 0.05) is 12.5 Å². The maximum atomic E-state index is 4.84. The monoisotopic (exact) mass is 229 g/mol. The highest BCUT2D eigenvalue weighted by Crippen LogP contribution is 2.27. The van der Waals surface area contributed by atoms with E-state index in [9.17, 15) is 0 Å². The van der Waals surface area contributed by atoms with Gasteiger partial charge in [0.2, 0.25) is 0 Å². The molecule has 1 aromatic carbocycles. The molecule has 1 aromatic heterocycles. The highest BCUT2D eigenvalue weighted by atomic mass is 15.1. The van der Waals surface area contributed by atoms with Gasteiger partial charge in [0.15, 0.2) is 0 Å². The maximum absolute atomic E-state index is 4.84. The van der Waals surface area contributed by atoms with Crippen LogP contribution in [0.5, 0.6) is 0 Å². The lowest BCUT2D eigenvalue weighted by atomic mass is 9.97. The van der Waals surface area contributed by atoms with E-state index in [1.807, 2.05) is 0 Å². The summed E-state index contributed by atoms with van der Waals surface area (Å²) in [6, 6.07) is 8.46. The van der Waals surface area contributed by atoms with Gasteiger partial charge in [0.1, 0.15) is 5.82 Å². The molecule has 0 aliphatic carbocycles. The van der Waals surface area contributed by atoms with E-state index >= 15 is 0 Å². The first kappa shape index (κ1) is 10.8. The lowest BCUT2D eigenvalue weighted by Crippen LogP contribution is -2.28. The summed E-state index contributed by atoms with van der Waals surface area (Å²) < 4.78 is 2.38. The van der Waals surface area contributed by atoms with E-state index in [-0.39, 0.29) is 0 Å². The topological polar surface area (TPSA) is 29.9 Å². The zero-order valence-electron chi connectivity index (χ0n) is 10.3. The Morgan fingerprint density at radius 1 is 1.29 bits per heavy atom. The minimum atomic E-state index is 0.628. The fraction of sp³-hybridized carbons (Fsp3) is 0.500. The quantitative estimate of drug-likeness (QED) is 0.857. The van der Waals surface area contributed by atoms with Gasteiger partial charge in [-0.25, -0.2) is 4.98 Å². The number of para-hydroxylation sites is 2. The SMILES string of the molecule is CCn1c(C2CCNCC2)nc2ccccc21. The summed E-state index contributed by atoms with van der Waals surface area (Å²) >= 11 is 0. The molecule has 1 saturated heterocycles. The third-order valence-electron chi connectivity index (χ3n) is 3.70. The summed E-state index contributed by atoms with van der Waals surface area (Å²) in [7, 11) is 0. The molecule has 0 atom stereocenters. The van der Waals surface area contributed by atoms with Crippen molar-refractivity contribution in [2.45, 2.75) is 32.2 Å². The first-order valence-electron chi connectivity index (χ1n) is 6.56. The number of benzene rings is 1. The Morgan fingerprint density at radius 3 is 2.82 bits per heavy atom. The fourth-order valence-corrected chi connectivity index (χ4v) is 2.82. The Kier molecular flexibility index (Phi) is 2.85. The minimum Gasteiger partial charge on any atom is -0.328 e. The number of fused-ring (bicyclic) bond motifs is 1. The highest BCUT2D eigenvalue weighted by molar-refractivity contribution is 5.76. The minimum absolute atomic E-state index is 0.628. The fourth-order valence-electron chi connectivity index (χ4n) is 2.82. The van der Waals surface area contributed by atoms with Crippen molar-refractivity contribution in [3.05, 3.63) is 30.1 Å². The molecule has 1 fully saturated rings. The van der Waals surface area contributed by atoms with Crippen molar-refractivity contribution in [3.63, 3.8) is 0 Å². The Morgan fingerprint density at radius 2 is 2.06 bits per heavy atom. The van der Waals surface area contributed by atoms with Crippen molar-refractivity contribution in [1.82, 2.24) is 14.9 Å². The Labute approximate surface area is 102 Å². The number of nitrogens with zero attached hydrogens (tertiary/aromatic N) is 2. The third kappa shape index (κ3) is 1.84. The van der Waals surface area contributed by atoms with Crippen molar-refractivity contribution in [3.8, 4) is 0 Å². The number of hydrogen-bond acceptors (Lipinski definition) is 2. The van der Waals surface area contributed by atoms with E-state index in [0.717, 1.165) is 25.2 Å². The van der Waals surface area contributed by atoms with Crippen molar-refractivity contribution >= 4 is 11.0 Å². The number of aromatic nitrogens is 2. The number of imidazole rings is 1. The molecule has 17 heavy (non-hydrogen) atoms. The molecule has 3 nitrogen and oxygen atoms in total. The molecular formula is C14H19N3. The summed E-state index contributed by atoms with van der Waals surface area (Å²) in [5.41, 5.74) is 2.42. The van der Waals surface area contributed by atoms with Gasteiger partial charge in [-0.3, -0.25) is 0 Å². The van der Waals surface area contributed by atoms with Crippen LogP contribution in [0.25, 0.3) is 11.0 Å². The molecule has 90 valence electrons. The number of hydrogen-bond donors (Lipinski definition) is 1. The molecule has 0 amide bonds. The lowest BCUT2D eigenvalue weighted by molar-refractivity contribution is 0.434. The van der Waals surface area contributed by atoms with Gasteiger partial charge < -0.3 is 9.88 Å². The largest absolute Gasteiger partial charge is 0.328 e. The number of nitrogens with one attached hydrogen (secondary N) is 1. The van der Waals surface area contributed by atoms with Crippen LogP contribution >= 0.6 is 0 Å².